The van der Waals surface area contributed by atoms with Gasteiger partial charge in [0.1, 0.15) is 11.5 Å². The highest BCUT2D eigenvalue weighted by Gasteiger charge is 2.02. The predicted octanol–water partition coefficient (Wildman–Crippen LogP) is 2.53. The van der Waals surface area contributed by atoms with Gasteiger partial charge in [-0.15, -0.1) is 0 Å². The number of nitrogens with one attached hydrogen (secondary N) is 1. The lowest BCUT2D eigenvalue weighted by atomic mass is 10.2. The van der Waals surface area contributed by atoms with Crippen LogP contribution < -0.4 is 14.8 Å². The summed E-state index contributed by atoms with van der Waals surface area (Å²) in [7, 11) is 1.59. The molecule has 0 unspecified atom stereocenters. The summed E-state index contributed by atoms with van der Waals surface area (Å²) < 4.78 is 10.7. The molecule has 2 N–H and O–H groups in total. The minimum absolute atomic E-state index is 0.0123. The molecule has 0 atom stereocenters. The monoisotopic (exact) mass is 342 g/mol. The molecule has 0 aliphatic carbocycles. The van der Waals surface area contributed by atoms with Crippen molar-refractivity contribution in [2.24, 2.45) is 0 Å². The third-order valence-electron chi connectivity index (χ3n) is 3.13. The number of ether oxygens (including phenoxy) is 2. The van der Waals surface area contributed by atoms with E-state index in [0.717, 1.165) is 17.4 Å². The Bertz CT molecular complexity index is 739. The topological polar surface area (TPSA) is 97.8 Å². The molecule has 7 nitrogen and oxygen atoms in total. The number of aliphatic carboxylic acids is 1. The second-order valence-corrected chi connectivity index (χ2v) is 5.00. The van der Waals surface area contributed by atoms with Gasteiger partial charge in [-0.2, -0.15) is 0 Å². The molecule has 0 aliphatic heterocycles. The van der Waals surface area contributed by atoms with E-state index in [-0.39, 0.29) is 12.3 Å². The predicted molar refractivity (Wildman–Crippen MR) is 90.5 cm³/mol. The molecule has 1 aromatic heterocycles. The van der Waals surface area contributed by atoms with E-state index in [1.54, 1.807) is 49.7 Å². The minimum atomic E-state index is -1.08. The maximum Gasteiger partial charge on any atom is 0.327 e. The lowest BCUT2D eigenvalue weighted by Crippen LogP contribution is -2.21. The van der Waals surface area contributed by atoms with Gasteiger partial charge in [-0.3, -0.25) is 4.79 Å². The van der Waals surface area contributed by atoms with Crippen molar-refractivity contribution in [3.8, 4) is 17.4 Å². The summed E-state index contributed by atoms with van der Waals surface area (Å²) in [6, 6.07) is 10.6. The SMILES string of the molecule is COc1ccc(Oc2ccc(CNC(=O)CC=CC(=O)O)cn2)cc1. The van der Waals surface area contributed by atoms with Gasteiger partial charge < -0.3 is 19.9 Å². The van der Waals surface area contributed by atoms with E-state index in [0.29, 0.717) is 18.2 Å². The van der Waals surface area contributed by atoms with E-state index in [1.165, 1.54) is 6.08 Å². The van der Waals surface area contributed by atoms with E-state index in [2.05, 4.69) is 10.3 Å². The summed E-state index contributed by atoms with van der Waals surface area (Å²) in [5.74, 6) is 0.467. The molecular weight excluding hydrogens is 324 g/mol. The molecule has 0 aliphatic rings. The number of hydrogen-bond acceptors (Lipinski definition) is 5. The zero-order valence-corrected chi connectivity index (χ0v) is 13.6. The van der Waals surface area contributed by atoms with Gasteiger partial charge in [0.2, 0.25) is 11.8 Å². The van der Waals surface area contributed by atoms with Crippen LogP contribution in [0.4, 0.5) is 0 Å². The number of rotatable bonds is 8. The van der Waals surface area contributed by atoms with E-state index in [9.17, 15) is 9.59 Å². The van der Waals surface area contributed by atoms with Gasteiger partial charge >= 0.3 is 5.97 Å². The van der Waals surface area contributed by atoms with E-state index in [1.807, 2.05) is 0 Å². The molecule has 0 saturated carbocycles. The zero-order valence-electron chi connectivity index (χ0n) is 13.6. The van der Waals surface area contributed by atoms with Crippen molar-refractivity contribution in [1.29, 1.82) is 0 Å². The van der Waals surface area contributed by atoms with Crippen LogP contribution in [-0.4, -0.2) is 29.1 Å². The molecule has 7 heteroatoms. The standard InChI is InChI=1S/C18H18N2O5/c1-24-14-6-8-15(9-7-14)25-17-10-5-13(12-20-17)11-19-16(21)3-2-4-18(22)23/h2,4-10,12H,3,11H2,1H3,(H,19,21)(H,22,23). The summed E-state index contributed by atoms with van der Waals surface area (Å²) >= 11 is 0. The Hall–Kier alpha value is -3.35. The first kappa shape index (κ1) is 18.0. The van der Waals surface area contributed by atoms with Crippen molar-refractivity contribution < 1.29 is 24.2 Å². The van der Waals surface area contributed by atoms with Gasteiger partial charge in [0, 0.05) is 31.3 Å². The maximum absolute atomic E-state index is 11.5. The van der Waals surface area contributed by atoms with Crippen molar-refractivity contribution in [1.82, 2.24) is 10.3 Å². The van der Waals surface area contributed by atoms with Crippen LogP contribution in [0.3, 0.4) is 0 Å². The van der Waals surface area contributed by atoms with Crippen molar-refractivity contribution in [2.75, 3.05) is 7.11 Å². The second-order valence-electron chi connectivity index (χ2n) is 5.00. The Kier molecular flexibility index (Phi) is 6.53. The molecule has 1 heterocycles. The lowest BCUT2D eigenvalue weighted by Gasteiger charge is -2.07. The average Bonchev–Trinajstić information content (AvgIpc) is 2.61. The lowest BCUT2D eigenvalue weighted by molar-refractivity contribution is -0.131. The Morgan fingerprint density at radius 2 is 1.88 bits per heavy atom. The Morgan fingerprint density at radius 1 is 1.16 bits per heavy atom. The molecule has 0 radical (unpaired) electrons. The van der Waals surface area contributed by atoms with Crippen molar-refractivity contribution >= 4 is 11.9 Å². The summed E-state index contributed by atoms with van der Waals surface area (Å²) in [5.41, 5.74) is 0.803. The number of methoxy groups -OCH3 is 1. The Morgan fingerprint density at radius 3 is 2.48 bits per heavy atom. The third kappa shape index (κ3) is 6.34. The summed E-state index contributed by atoms with van der Waals surface area (Å²) in [6.07, 6.45) is 3.85. The van der Waals surface area contributed by atoms with Crippen LogP contribution in [0, 0.1) is 0 Å². The fourth-order valence-corrected chi connectivity index (χ4v) is 1.88. The number of pyridine rings is 1. The van der Waals surface area contributed by atoms with Gasteiger partial charge in [0.25, 0.3) is 0 Å². The van der Waals surface area contributed by atoms with Gasteiger partial charge in [0.15, 0.2) is 0 Å². The van der Waals surface area contributed by atoms with Crippen LogP contribution >= 0.6 is 0 Å². The third-order valence-corrected chi connectivity index (χ3v) is 3.13. The maximum atomic E-state index is 11.5. The first-order valence-electron chi connectivity index (χ1n) is 7.50. The van der Waals surface area contributed by atoms with E-state index >= 15 is 0 Å². The van der Waals surface area contributed by atoms with Gasteiger partial charge in [-0.25, -0.2) is 9.78 Å². The van der Waals surface area contributed by atoms with E-state index < -0.39 is 5.97 Å². The number of hydrogen-bond donors (Lipinski definition) is 2. The number of carboxylic acid groups (broad SMARTS) is 1. The molecule has 0 bridgehead atoms. The van der Waals surface area contributed by atoms with Gasteiger partial charge in [-0.1, -0.05) is 12.1 Å². The first-order chi connectivity index (χ1) is 12.1. The molecule has 130 valence electrons. The molecule has 1 aromatic carbocycles. The highest BCUT2D eigenvalue weighted by atomic mass is 16.5. The number of carbonyl (C=O) groups is 2. The smallest absolute Gasteiger partial charge is 0.327 e. The summed E-state index contributed by atoms with van der Waals surface area (Å²) in [6.45, 7) is 0.301. The first-order valence-corrected chi connectivity index (χ1v) is 7.50. The van der Waals surface area contributed by atoms with Crippen LogP contribution in [-0.2, 0) is 16.1 Å². The van der Waals surface area contributed by atoms with E-state index in [4.69, 9.17) is 14.6 Å². The Labute approximate surface area is 144 Å². The fourth-order valence-electron chi connectivity index (χ4n) is 1.88. The molecule has 2 rings (SSSR count). The molecule has 2 aromatic rings. The van der Waals surface area contributed by atoms with Crippen LogP contribution in [0.25, 0.3) is 0 Å². The fraction of sp³-hybridized carbons (Fsp3) is 0.167. The minimum Gasteiger partial charge on any atom is -0.497 e. The quantitative estimate of drug-likeness (QED) is 0.716. The van der Waals surface area contributed by atoms with Gasteiger partial charge in [-0.05, 0) is 29.8 Å². The second kappa shape index (κ2) is 9.07. The number of carbonyl (C=O) groups excluding carboxylic acids is 1. The summed E-state index contributed by atoms with van der Waals surface area (Å²) in [4.78, 5) is 26.0. The van der Waals surface area contributed by atoms with Gasteiger partial charge in [0.05, 0.1) is 7.11 Å². The number of nitrogens with zero attached hydrogens (tertiary/aromatic N) is 1. The largest absolute Gasteiger partial charge is 0.497 e. The van der Waals surface area contributed by atoms with Crippen molar-refractivity contribution in [3.05, 3.63) is 60.3 Å². The average molecular weight is 342 g/mol. The molecule has 0 fully saturated rings. The van der Waals surface area contributed by atoms with Crippen LogP contribution in [0.2, 0.25) is 0 Å². The number of amides is 1. The van der Waals surface area contributed by atoms with Crippen LogP contribution in [0.5, 0.6) is 17.4 Å². The van der Waals surface area contributed by atoms with Crippen LogP contribution in [0.15, 0.2) is 54.7 Å². The number of aromatic nitrogens is 1. The highest BCUT2D eigenvalue weighted by Crippen LogP contribution is 2.22. The van der Waals surface area contributed by atoms with Crippen LogP contribution in [0.1, 0.15) is 12.0 Å². The normalized spacial score (nSPS) is 10.4. The highest BCUT2D eigenvalue weighted by molar-refractivity contribution is 5.82. The number of benzene rings is 1. The zero-order chi connectivity index (χ0) is 18.1. The molecular formula is C18H18N2O5. The molecule has 0 saturated heterocycles. The number of carboxylic acids is 1. The van der Waals surface area contributed by atoms with Crippen molar-refractivity contribution in [2.45, 2.75) is 13.0 Å². The Balaban J connectivity index is 1.82. The molecule has 25 heavy (non-hydrogen) atoms. The summed E-state index contributed by atoms with van der Waals surface area (Å²) in [5, 5.41) is 11.1. The molecule has 1 amide bonds. The van der Waals surface area contributed by atoms with Crippen molar-refractivity contribution in [3.63, 3.8) is 0 Å². The molecule has 0 spiro atoms.